The van der Waals surface area contributed by atoms with Gasteiger partial charge in [0.15, 0.2) is 5.16 Å². The zero-order chi connectivity index (χ0) is 53.9. The summed E-state index contributed by atoms with van der Waals surface area (Å²) < 4.78 is 3.03. The van der Waals surface area contributed by atoms with Gasteiger partial charge in [-0.05, 0) is 72.7 Å². The van der Waals surface area contributed by atoms with Crippen LogP contribution in [0.4, 0.5) is 46.4 Å². The van der Waals surface area contributed by atoms with E-state index in [0.29, 0.717) is 22.3 Å². The third kappa shape index (κ3) is 15.2. The lowest BCUT2D eigenvalue weighted by Crippen LogP contribution is -2.40. The summed E-state index contributed by atoms with van der Waals surface area (Å²) in [4.78, 5) is 96.0. The molecule has 5 amide bonds. The number of carbonyl (C=O) groups excluding carboxylic acids is 5. The number of nitrogens with one attached hydrogen (secondary N) is 5. The van der Waals surface area contributed by atoms with Crippen LogP contribution < -0.4 is 55.3 Å². The van der Waals surface area contributed by atoms with E-state index in [1.807, 2.05) is 88.5 Å². The van der Waals surface area contributed by atoms with E-state index in [2.05, 4.69) is 71.4 Å². The van der Waals surface area contributed by atoms with Gasteiger partial charge in [-0.15, -0.1) is 34.0 Å². The Morgan fingerprint density at radius 3 is 1.10 bits per heavy atom. The van der Waals surface area contributed by atoms with Crippen LogP contribution in [0.15, 0.2) is 94.9 Å². The molecule has 28 heteroatoms. The number of aromatic nitrogens is 9. The second-order valence-corrected chi connectivity index (χ2v) is 20.1. The molecule has 0 saturated carbocycles. The Kier molecular flexibility index (Phi) is 20.5. The van der Waals surface area contributed by atoms with E-state index in [9.17, 15) is 24.0 Å². The summed E-state index contributed by atoms with van der Waals surface area (Å²) >= 11 is 5.95. The maximum Gasteiger partial charge on any atom is 0.254 e. The minimum atomic E-state index is -0.668. The van der Waals surface area contributed by atoms with E-state index < -0.39 is 41.6 Å². The normalized spacial score (nSPS) is 11.4. The van der Waals surface area contributed by atoms with Crippen LogP contribution in [-0.2, 0) is 9.59 Å². The predicted molar refractivity (Wildman–Crippen MR) is 308 cm³/mol. The summed E-state index contributed by atoms with van der Waals surface area (Å²) in [6, 6.07) is 15.6. The molecule has 24 nitrogen and oxygen atoms in total. The standard InChI is InChI=1S/2C17H19N7O2S.C13H11N5OS2.2CH4/c2*1-8(2)13(15(19)26)23-17-20-6-10(14(18)25)16(24-17)22-9-3-4-11-12(5-9)27-7-21-11;1-20-13-15-5-8(11(14)19)12(18-13)17-7-2-3-9-10(4-7)21-6-16-9;;/h2*3-8,13H,1-2H3,(H2,18,25)(H2,19,26)(H2,20,22,23,24);2-6H,1H3,(H2,14,19)(H,15,17,18);2*1H4/t2*13-;;;/m11.../s1. The highest BCUT2D eigenvalue weighted by atomic mass is 32.2. The minimum absolute atomic E-state index is 0. The van der Waals surface area contributed by atoms with E-state index in [1.165, 1.54) is 53.0 Å². The summed E-state index contributed by atoms with van der Waals surface area (Å²) in [5.41, 5.74) is 37.8. The second-order valence-electron chi connectivity index (χ2n) is 16.6. The molecule has 0 unspecified atom stereocenters. The lowest BCUT2D eigenvalue weighted by atomic mass is 10.0. The molecule has 9 rings (SSSR count). The lowest BCUT2D eigenvalue weighted by Gasteiger charge is -2.19. The fourth-order valence-corrected chi connectivity index (χ4v) is 9.30. The molecule has 0 fully saturated rings. The van der Waals surface area contributed by atoms with Gasteiger partial charge in [-0.25, -0.2) is 34.9 Å². The number of nitrogens with two attached hydrogens (primary N) is 5. The Morgan fingerprint density at radius 2 is 0.805 bits per heavy atom. The average Bonchev–Trinajstić information content (AvgIpc) is 4.16. The number of fused-ring (bicyclic) bond motifs is 3. The van der Waals surface area contributed by atoms with Crippen LogP contribution in [0.5, 0.6) is 0 Å². The van der Waals surface area contributed by atoms with Gasteiger partial charge in [0.1, 0.15) is 46.2 Å². The van der Waals surface area contributed by atoms with Crippen LogP contribution in [0.3, 0.4) is 0 Å². The first-order valence-electron chi connectivity index (χ1n) is 22.3. The van der Waals surface area contributed by atoms with E-state index in [1.54, 1.807) is 27.9 Å². The highest BCUT2D eigenvalue weighted by Gasteiger charge is 2.23. The van der Waals surface area contributed by atoms with Gasteiger partial charge in [0.2, 0.25) is 23.7 Å². The molecule has 0 aliphatic heterocycles. The number of thioether (sulfide) groups is 1. The first-order valence-corrected chi connectivity index (χ1v) is 26.2. The molecule has 2 atom stereocenters. The number of anilines is 8. The van der Waals surface area contributed by atoms with Crippen LogP contribution >= 0.6 is 45.8 Å². The largest absolute Gasteiger partial charge is 0.368 e. The number of nitrogens with zero attached hydrogens (tertiary/aromatic N) is 9. The number of carbonyl (C=O) groups is 5. The van der Waals surface area contributed by atoms with Crippen LogP contribution in [0.1, 0.15) is 73.6 Å². The SMILES string of the molecule is C.C.CC(C)[C@@H](Nc1ncc(C(N)=O)c(Nc2ccc3ncsc3c2)n1)C(N)=O.CC(C)[C@@H](Nc1ncc(C(N)=O)c(Nc2ccc3ncsc3c2)n1)C(N)=O.CSc1ncc(C(N)=O)c(Nc2ccc3ncsc3c2)n1. The Balaban J connectivity index is 0.000000212. The summed E-state index contributed by atoms with van der Waals surface area (Å²) in [5, 5.41) is 15.6. The number of thiazole rings is 3. The second kappa shape index (κ2) is 26.7. The maximum absolute atomic E-state index is 11.7. The number of hydrogen-bond donors (Lipinski definition) is 10. The Labute approximate surface area is 458 Å². The van der Waals surface area contributed by atoms with E-state index in [-0.39, 0.29) is 66.9 Å². The van der Waals surface area contributed by atoms with Crippen molar-refractivity contribution in [3.8, 4) is 0 Å². The number of primary amides is 5. The molecule has 0 aliphatic carbocycles. The van der Waals surface area contributed by atoms with Crippen LogP contribution in [0, 0.1) is 11.8 Å². The van der Waals surface area contributed by atoms with Crippen LogP contribution in [-0.4, -0.2) is 92.7 Å². The number of benzene rings is 3. The van der Waals surface area contributed by atoms with Crippen molar-refractivity contribution < 1.29 is 24.0 Å². The van der Waals surface area contributed by atoms with Crippen molar-refractivity contribution in [3.63, 3.8) is 0 Å². The molecule has 0 spiro atoms. The molecule has 6 aromatic heterocycles. The summed E-state index contributed by atoms with van der Waals surface area (Å²) in [5.74, 6) is -1.86. The van der Waals surface area contributed by atoms with Gasteiger partial charge in [0.05, 0.1) is 47.2 Å². The first-order chi connectivity index (χ1) is 35.9. The number of rotatable bonds is 18. The van der Waals surface area contributed by atoms with Crippen molar-refractivity contribution in [2.45, 2.75) is 59.8 Å². The molecule has 0 bridgehead atoms. The molecular weight excluding hydrogens is 1060 g/mol. The van der Waals surface area contributed by atoms with Gasteiger partial charge >= 0.3 is 0 Å². The monoisotopic (exact) mass is 1120 g/mol. The topological polar surface area (TPSA) is 392 Å². The van der Waals surface area contributed by atoms with Crippen LogP contribution in [0.2, 0.25) is 0 Å². The molecule has 0 aliphatic rings. The lowest BCUT2D eigenvalue weighted by molar-refractivity contribution is -0.120. The smallest absolute Gasteiger partial charge is 0.254 e. The zero-order valence-corrected chi connectivity index (χ0v) is 43.8. The van der Waals surface area contributed by atoms with E-state index in [4.69, 9.17) is 28.7 Å². The molecule has 402 valence electrons. The Bertz CT molecular complexity index is 3390. The van der Waals surface area contributed by atoms with Gasteiger partial charge in [0.25, 0.3) is 17.7 Å². The van der Waals surface area contributed by atoms with Crippen molar-refractivity contribution >= 4 is 152 Å². The maximum atomic E-state index is 11.7. The quantitative estimate of drug-likeness (QED) is 0.0291. The van der Waals surface area contributed by atoms with Gasteiger partial charge in [-0.3, -0.25) is 24.0 Å². The van der Waals surface area contributed by atoms with Gasteiger partial charge in [-0.2, -0.15) is 9.97 Å². The number of hydrogen-bond acceptors (Lipinski definition) is 23. The van der Waals surface area contributed by atoms with E-state index in [0.717, 1.165) is 36.3 Å². The molecule has 0 saturated heterocycles. The minimum Gasteiger partial charge on any atom is -0.368 e. The molecule has 0 radical (unpaired) electrons. The first kappa shape index (κ1) is 59.2. The molecule has 6 heterocycles. The van der Waals surface area contributed by atoms with Gasteiger partial charge in [0, 0.05) is 35.7 Å². The summed E-state index contributed by atoms with van der Waals surface area (Å²) in [6.45, 7) is 7.40. The zero-order valence-electron chi connectivity index (χ0n) is 40.6. The molecule has 15 N–H and O–H groups in total. The Hall–Kier alpha value is -8.73. The molecule has 77 heavy (non-hydrogen) atoms. The molecule has 9 aromatic rings. The third-order valence-electron chi connectivity index (χ3n) is 10.6. The van der Waals surface area contributed by atoms with E-state index >= 15 is 0 Å². The van der Waals surface area contributed by atoms with Gasteiger partial charge < -0.3 is 55.3 Å². The van der Waals surface area contributed by atoms with Gasteiger partial charge in [-0.1, -0.05) is 54.3 Å². The highest BCUT2D eigenvalue weighted by Crippen LogP contribution is 2.29. The summed E-state index contributed by atoms with van der Waals surface area (Å²) in [7, 11) is 0. The van der Waals surface area contributed by atoms with Crippen molar-refractivity contribution in [2.24, 2.45) is 40.5 Å². The fourth-order valence-electron chi connectivity index (χ4n) is 6.81. The van der Waals surface area contributed by atoms with Crippen molar-refractivity contribution in [1.82, 2.24) is 44.9 Å². The van der Waals surface area contributed by atoms with Crippen molar-refractivity contribution in [2.75, 3.05) is 32.8 Å². The average molecular weight is 1120 g/mol. The fraction of sp³-hybridized carbons (Fsp3) is 0.224. The molecule has 3 aromatic carbocycles. The summed E-state index contributed by atoms with van der Waals surface area (Å²) in [6.07, 6.45) is 5.92. The Morgan fingerprint density at radius 1 is 0.481 bits per heavy atom. The third-order valence-corrected chi connectivity index (χ3v) is 13.6. The van der Waals surface area contributed by atoms with Crippen molar-refractivity contribution in [1.29, 1.82) is 0 Å². The van der Waals surface area contributed by atoms with Crippen LogP contribution in [0.25, 0.3) is 30.6 Å². The predicted octanol–water partition coefficient (Wildman–Crippen LogP) is 7.62. The molecular formula is C49H57N19O5S4. The number of amides is 5. The van der Waals surface area contributed by atoms with Crippen molar-refractivity contribution in [3.05, 3.63) is 106 Å². The highest BCUT2D eigenvalue weighted by molar-refractivity contribution is 7.98.